The van der Waals surface area contributed by atoms with Gasteiger partial charge in [-0.1, -0.05) is 66.2 Å². The zero-order valence-electron chi connectivity index (χ0n) is 31.0. The highest BCUT2D eigenvalue weighted by molar-refractivity contribution is 9.09. The summed E-state index contributed by atoms with van der Waals surface area (Å²) in [5.74, 6) is 0.0652. The van der Waals surface area contributed by atoms with Crippen molar-refractivity contribution in [3.05, 3.63) is 69.8 Å². The monoisotopic (exact) mass is 798 g/mol. The van der Waals surface area contributed by atoms with E-state index in [0.717, 1.165) is 54.6 Å². The number of ether oxygens (including phenoxy) is 2. The molecule has 0 aliphatic rings. The van der Waals surface area contributed by atoms with Crippen LogP contribution in [0.1, 0.15) is 80.8 Å². The molecule has 48 heavy (non-hydrogen) atoms. The summed E-state index contributed by atoms with van der Waals surface area (Å²) in [5.41, 5.74) is 7.06. The molecule has 0 atom stereocenters. The first kappa shape index (κ1) is 47.7. The fourth-order valence-electron chi connectivity index (χ4n) is 5.05. The Morgan fingerprint density at radius 1 is 0.771 bits per heavy atom. The molecule has 8 nitrogen and oxygen atoms in total. The number of ketones is 2. The van der Waals surface area contributed by atoms with Crippen molar-refractivity contribution >= 4 is 39.4 Å². The lowest BCUT2D eigenvalue weighted by Gasteiger charge is -2.35. The molecule has 0 fully saturated rings. The number of alkyl halides is 1. The highest BCUT2D eigenvalue weighted by Crippen LogP contribution is 2.17. The van der Waals surface area contributed by atoms with Crippen LogP contribution in [0.5, 0.6) is 0 Å². The van der Waals surface area contributed by atoms with Gasteiger partial charge in [0.05, 0.1) is 26.7 Å². The summed E-state index contributed by atoms with van der Waals surface area (Å²) in [7, 11) is 1.40. The Bertz CT molecular complexity index is 1220. The van der Waals surface area contributed by atoms with Crippen molar-refractivity contribution in [2.45, 2.75) is 88.0 Å². The summed E-state index contributed by atoms with van der Waals surface area (Å²) in [6, 6.07) is 12.3. The number of methoxy groups -OCH3 is 1. The van der Waals surface area contributed by atoms with Crippen molar-refractivity contribution in [1.29, 1.82) is 0 Å². The average molecular weight is 801 g/mol. The highest BCUT2D eigenvalue weighted by Gasteiger charge is 2.28. The first-order valence-corrected chi connectivity index (χ1v) is 17.8. The van der Waals surface area contributed by atoms with Crippen molar-refractivity contribution in [3.8, 4) is 0 Å². The van der Waals surface area contributed by atoms with Crippen LogP contribution in [0.3, 0.4) is 0 Å². The van der Waals surface area contributed by atoms with Crippen LogP contribution in [0.25, 0.3) is 0 Å². The first-order chi connectivity index (χ1) is 22.2. The van der Waals surface area contributed by atoms with Crippen molar-refractivity contribution in [3.63, 3.8) is 0 Å². The van der Waals surface area contributed by atoms with Crippen LogP contribution in [-0.4, -0.2) is 91.3 Å². The number of benzene rings is 2. The van der Waals surface area contributed by atoms with Crippen LogP contribution < -0.4 is 17.0 Å². The number of esters is 2. The van der Waals surface area contributed by atoms with E-state index < -0.39 is 0 Å². The third-order valence-electron chi connectivity index (χ3n) is 8.47. The molecule has 0 aliphatic carbocycles. The summed E-state index contributed by atoms with van der Waals surface area (Å²) in [4.78, 5) is 48.1. The van der Waals surface area contributed by atoms with E-state index >= 15 is 0 Å². The van der Waals surface area contributed by atoms with Gasteiger partial charge in [-0.25, -0.2) is 0 Å². The Kier molecular flexibility index (Phi) is 26.3. The van der Waals surface area contributed by atoms with Crippen LogP contribution >= 0.6 is 15.9 Å². The standard InChI is InChI=1S/C18H28NO3.C15H23NO.C5H9BrO2.BrH/c1-6-19(7-2,13-22-16(5)20)12-17(21)11-18-14(3)9-8-10-15(18)4;1-5-16(6-2)11-14(17)10-15-12(3)8-7-9-13(15)4;1-8-5(7)3-2-4-6;/h8-10H,6-7,11-13H2,1-5H3;7-9H,5-6,10-11H2,1-4H3;2-4H2,1H3;1H/q+1;;;/p-1. The molecule has 2 aromatic rings. The van der Waals surface area contributed by atoms with E-state index in [4.69, 9.17) is 4.74 Å². The number of quaternary nitrogens is 1. The minimum atomic E-state index is -0.299. The maximum atomic E-state index is 12.5. The van der Waals surface area contributed by atoms with E-state index in [1.165, 1.54) is 30.7 Å². The lowest BCUT2D eigenvalue weighted by Crippen LogP contribution is -3.00. The fourth-order valence-corrected chi connectivity index (χ4v) is 5.33. The van der Waals surface area contributed by atoms with Crippen molar-refractivity contribution in [2.75, 3.05) is 58.4 Å². The van der Waals surface area contributed by atoms with Crippen molar-refractivity contribution in [1.82, 2.24) is 4.90 Å². The third-order valence-corrected chi connectivity index (χ3v) is 9.03. The van der Waals surface area contributed by atoms with E-state index in [-0.39, 0.29) is 41.4 Å². The van der Waals surface area contributed by atoms with Gasteiger partial charge >= 0.3 is 11.9 Å². The molecular weight excluding hydrogens is 740 g/mol. The Hall–Kier alpha value is -2.40. The smallest absolute Gasteiger partial charge is 0.306 e. The van der Waals surface area contributed by atoms with Crippen molar-refractivity contribution < 1.29 is 50.1 Å². The van der Waals surface area contributed by atoms with Gasteiger partial charge < -0.3 is 26.5 Å². The van der Waals surface area contributed by atoms with Gasteiger partial charge in [0.1, 0.15) is 6.54 Å². The van der Waals surface area contributed by atoms with Gasteiger partial charge in [-0.2, -0.15) is 0 Å². The van der Waals surface area contributed by atoms with Crippen LogP contribution in [0.4, 0.5) is 0 Å². The first-order valence-electron chi connectivity index (χ1n) is 16.7. The SMILES string of the molecule is CCN(CC)CC(=O)Cc1c(C)cccc1C.CC[N+](CC)(COC(C)=O)CC(=O)Cc1c(C)cccc1C.COC(=O)CCCBr.[Br-]. The summed E-state index contributed by atoms with van der Waals surface area (Å²) >= 11 is 3.20. The van der Waals surface area contributed by atoms with Gasteiger partial charge in [0, 0.05) is 31.5 Å². The molecule has 0 heterocycles. The molecule has 10 heteroatoms. The Morgan fingerprint density at radius 3 is 1.56 bits per heavy atom. The molecule has 0 saturated carbocycles. The van der Waals surface area contributed by atoms with Gasteiger partial charge in [-0.05, 0) is 94.4 Å². The van der Waals surface area contributed by atoms with Crippen LogP contribution in [0.2, 0.25) is 0 Å². The molecule has 0 aliphatic heterocycles. The largest absolute Gasteiger partial charge is 1.00 e. The summed E-state index contributed by atoms with van der Waals surface area (Å²) in [5, 5.41) is 0.863. The molecule has 0 bridgehead atoms. The zero-order valence-corrected chi connectivity index (χ0v) is 34.2. The molecule has 2 rings (SSSR count). The van der Waals surface area contributed by atoms with Crippen LogP contribution in [0, 0.1) is 27.7 Å². The van der Waals surface area contributed by atoms with Gasteiger partial charge in [-0.15, -0.1) is 0 Å². The molecule has 0 unspecified atom stereocenters. The molecule has 0 N–H and O–H groups in total. The zero-order chi connectivity index (χ0) is 36.0. The number of hydrogen-bond donors (Lipinski definition) is 0. The summed E-state index contributed by atoms with van der Waals surface area (Å²) in [6.07, 6.45) is 2.38. The number of hydrogen-bond acceptors (Lipinski definition) is 7. The van der Waals surface area contributed by atoms with Gasteiger partial charge in [0.15, 0.2) is 11.6 Å². The lowest BCUT2D eigenvalue weighted by molar-refractivity contribution is -0.933. The van der Waals surface area contributed by atoms with Gasteiger partial charge in [-0.3, -0.25) is 28.6 Å². The minimum absolute atomic E-state index is 0. The third kappa shape index (κ3) is 19.0. The minimum Gasteiger partial charge on any atom is -1.00 e. The summed E-state index contributed by atoms with van der Waals surface area (Å²) in [6.45, 7) is 22.5. The van der Waals surface area contributed by atoms with E-state index in [0.29, 0.717) is 42.6 Å². The molecular formula is C38H60Br2N2O6. The predicted molar refractivity (Wildman–Crippen MR) is 195 cm³/mol. The van der Waals surface area contributed by atoms with E-state index in [1.807, 2.05) is 52.0 Å². The number of rotatable bonds is 17. The second-order valence-corrected chi connectivity index (χ2v) is 12.7. The number of halogens is 2. The maximum absolute atomic E-state index is 12.5. The maximum Gasteiger partial charge on any atom is 0.306 e. The van der Waals surface area contributed by atoms with Gasteiger partial charge in [0.25, 0.3) is 0 Å². The Morgan fingerprint density at radius 2 is 1.21 bits per heavy atom. The predicted octanol–water partition coefficient (Wildman–Crippen LogP) is 3.89. The molecule has 0 amide bonds. The highest BCUT2D eigenvalue weighted by atomic mass is 79.9. The summed E-state index contributed by atoms with van der Waals surface area (Å²) < 4.78 is 10.1. The van der Waals surface area contributed by atoms with Gasteiger partial charge in [0.2, 0.25) is 6.73 Å². The second kappa shape index (κ2) is 26.5. The molecule has 0 radical (unpaired) electrons. The molecule has 0 aromatic heterocycles. The van der Waals surface area contributed by atoms with E-state index in [2.05, 4.69) is 65.4 Å². The number of carbonyl (C=O) groups excluding carboxylic acids is 4. The number of nitrogens with zero attached hydrogens (tertiary/aromatic N) is 2. The van der Waals surface area contributed by atoms with Crippen LogP contribution in [0.15, 0.2) is 36.4 Å². The number of Topliss-reactive ketones (excluding diaryl/α,β-unsaturated/α-hetero) is 2. The van der Waals surface area contributed by atoms with E-state index in [1.54, 1.807) is 0 Å². The molecule has 2 aromatic carbocycles. The fraction of sp³-hybridized carbons (Fsp3) is 0.579. The number of likely N-dealkylation sites (N-methyl/N-ethyl adjacent to an activating group) is 2. The van der Waals surface area contributed by atoms with Crippen LogP contribution in [-0.2, 0) is 41.5 Å². The Balaban J connectivity index is 0. The number of carbonyl (C=O) groups is 4. The molecule has 272 valence electrons. The average Bonchev–Trinajstić information content (AvgIpc) is 3.05. The normalized spacial score (nSPS) is 10.5. The second-order valence-electron chi connectivity index (χ2n) is 11.9. The number of aryl methyl sites for hydroxylation is 4. The van der Waals surface area contributed by atoms with Crippen molar-refractivity contribution in [2.24, 2.45) is 0 Å². The van der Waals surface area contributed by atoms with E-state index in [9.17, 15) is 19.2 Å². The quantitative estimate of drug-likeness (QED) is 0.104. The topological polar surface area (TPSA) is 90.0 Å². The lowest BCUT2D eigenvalue weighted by atomic mass is 9.98. The molecule has 0 saturated heterocycles. The Labute approximate surface area is 309 Å². The molecule has 0 spiro atoms.